The topological polar surface area (TPSA) is 16.1 Å². The third-order valence-electron chi connectivity index (χ3n) is 3.94. The molecule has 1 aromatic rings. The predicted molar refractivity (Wildman–Crippen MR) is 78.2 cm³/mol. The maximum absolute atomic E-state index is 4.77. The van der Waals surface area contributed by atoms with Crippen LogP contribution in [-0.2, 0) is 0 Å². The van der Waals surface area contributed by atoms with E-state index in [2.05, 4.69) is 51.3 Å². The Labute approximate surface area is 111 Å². The maximum Gasteiger partial charge on any atom is 0.128 e. The first-order valence-electron chi connectivity index (χ1n) is 6.87. The van der Waals surface area contributed by atoms with Crippen LogP contribution in [0, 0.1) is 12.8 Å². The average molecular weight is 244 g/mol. The minimum atomic E-state index is 0.549. The molecule has 1 unspecified atom stereocenters. The fourth-order valence-electron chi connectivity index (χ4n) is 2.72. The molecule has 2 nitrogen and oxygen atoms in total. The molecule has 1 saturated heterocycles. The maximum atomic E-state index is 4.77. The van der Waals surface area contributed by atoms with Gasteiger partial charge in [0.15, 0.2) is 0 Å². The Morgan fingerprint density at radius 2 is 2.17 bits per heavy atom. The smallest absolute Gasteiger partial charge is 0.128 e. The Morgan fingerprint density at radius 3 is 2.67 bits per heavy atom. The first kappa shape index (κ1) is 13.1. The van der Waals surface area contributed by atoms with E-state index in [9.17, 15) is 0 Å². The second kappa shape index (κ2) is 5.13. The fourth-order valence-corrected chi connectivity index (χ4v) is 2.72. The lowest BCUT2D eigenvalue weighted by Gasteiger charge is -2.19. The van der Waals surface area contributed by atoms with Crippen LogP contribution in [0.1, 0.15) is 44.4 Å². The summed E-state index contributed by atoms with van der Waals surface area (Å²) in [6.07, 6.45) is 1.21. The van der Waals surface area contributed by atoms with E-state index in [0.29, 0.717) is 11.8 Å². The summed E-state index contributed by atoms with van der Waals surface area (Å²) < 4.78 is 0. The van der Waals surface area contributed by atoms with E-state index in [-0.39, 0.29) is 0 Å². The molecule has 2 heterocycles. The molecule has 2 heteroatoms. The van der Waals surface area contributed by atoms with Crippen LogP contribution in [0.25, 0.3) is 0 Å². The number of hydrogen-bond donors (Lipinski definition) is 0. The highest BCUT2D eigenvalue weighted by Crippen LogP contribution is 2.28. The number of hydrogen-bond acceptors (Lipinski definition) is 2. The van der Waals surface area contributed by atoms with Crippen molar-refractivity contribution in [1.82, 2.24) is 4.98 Å². The van der Waals surface area contributed by atoms with Crippen LogP contribution in [0.3, 0.4) is 0 Å². The van der Waals surface area contributed by atoms with Crippen LogP contribution in [0.4, 0.5) is 5.82 Å². The molecule has 0 radical (unpaired) electrons. The summed E-state index contributed by atoms with van der Waals surface area (Å²) in [5.41, 5.74) is 3.82. The average Bonchev–Trinajstić information content (AvgIpc) is 2.77. The van der Waals surface area contributed by atoms with Crippen molar-refractivity contribution >= 4 is 5.82 Å². The third kappa shape index (κ3) is 2.58. The van der Waals surface area contributed by atoms with Crippen molar-refractivity contribution in [1.29, 1.82) is 0 Å². The molecule has 0 spiro atoms. The molecule has 0 saturated carbocycles. The Balaban J connectivity index is 2.16. The van der Waals surface area contributed by atoms with Gasteiger partial charge in [-0.1, -0.05) is 32.1 Å². The van der Waals surface area contributed by atoms with E-state index in [1.807, 2.05) is 0 Å². The molecule has 0 aliphatic carbocycles. The predicted octanol–water partition coefficient (Wildman–Crippen LogP) is 3.92. The van der Waals surface area contributed by atoms with Gasteiger partial charge in [0.05, 0.1) is 0 Å². The normalized spacial score (nSPS) is 19.6. The number of anilines is 1. The van der Waals surface area contributed by atoms with Gasteiger partial charge in [0.2, 0.25) is 0 Å². The number of pyridine rings is 1. The summed E-state index contributed by atoms with van der Waals surface area (Å²) >= 11 is 0. The fraction of sp³-hybridized carbons (Fsp3) is 0.562. The summed E-state index contributed by atoms with van der Waals surface area (Å²) in [4.78, 5) is 7.15. The molecule has 1 aliphatic heterocycles. The van der Waals surface area contributed by atoms with Gasteiger partial charge in [-0.3, -0.25) is 0 Å². The Kier molecular flexibility index (Phi) is 3.74. The molecule has 0 amide bonds. The van der Waals surface area contributed by atoms with Gasteiger partial charge in [0, 0.05) is 18.8 Å². The van der Waals surface area contributed by atoms with E-state index in [4.69, 9.17) is 4.98 Å². The van der Waals surface area contributed by atoms with Crippen LogP contribution < -0.4 is 4.90 Å². The summed E-state index contributed by atoms with van der Waals surface area (Å²) in [6, 6.07) is 4.40. The quantitative estimate of drug-likeness (QED) is 0.749. The molecule has 98 valence electrons. The summed E-state index contributed by atoms with van der Waals surface area (Å²) in [5, 5.41) is 0. The Morgan fingerprint density at radius 1 is 1.44 bits per heavy atom. The van der Waals surface area contributed by atoms with Crippen LogP contribution >= 0.6 is 0 Å². The molecular formula is C16H24N2. The van der Waals surface area contributed by atoms with Crippen LogP contribution in [0.15, 0.2) is 24.3 Å². The number of nitrogens with zero attached hydrogens (tertiary/aromatic N) is 2. The standard InChI is InChI=1S/C16H24N2/c1-11(2)14-8-9-18(10-14)16-7-6-15(12(3)4)13(5)17-16/h6-7,12,14H,1,8-10H2,2-5H3. The first-order valence-corrected chi connectivity index (χ1v) is 6.87. The van der Waals surface area contributed by atoms with Crippen LogP contribution in [-0.4, -0.2) is 18.1 Å². The summed E-state index contributed by atoms with van der Waals surface area (Å²) in [6.45, 7) is 14.9. The first-order chi connectivity index (χ1) is 8.49. The van der Waals surface area contributed by atoms with Gasteiger partial charge < -0.3 is 4.90 Å². The van der Waals surface area contributed by atoms with Crippen LogP contribution in [0.2, 0.25) is 0 Å². The number of aryl methyl sites for hydroxylation is 1. The molecule has 0 aromatic carbocycles. The van der Waals surface area contributed by atoms with Crippen LogP contribution in [0.5, 0.6) is 0 Å². The zero-order valence-corrected chi connectivity index (χ0v) is 12.0. The van der Waals surface area contributed by atoms with Crippen molar-refractivity contribution in [2.75, 3.05) is 18.0 Å². The second-order valence-corrected chi connectivity index (χ2v) is 5.78. The molecule has 18 heavy (non-hydrogen) atoms. The van der Waals surface area contributed by atoms with E-state index < -0.39 is 0 Å². The second-order valence-electron chi connectivity index (χ2n) is 5.78. The largest absolute Gasteiger partial charge is 0.356 e. The molecular weight excluding hydrogens is 220 g/mol. The van der Waals surface area contributed by atoms with Crippen molar-refractivity contribution in [3.05, 3.63) is 35.5 Å². The SMILES string of the molecule is C=C(C)C1CCN(c2ccc(C(C)C)c(C)n2)C1. The number of aromatic nitrogens is 1. The van der Waals surface area contributed by atoms with Gasteiger partial charge in [-0.25, -0.2) is 4.98 Å². The highest BCUT2D eigenvalue weighted by molar-refractivity contribution is 5.44. The van der Waals surface area contributed by atoms with Gasteiger partial charge in [-0.2, -0.15) is 0 Å². The summed E-state index contributed by atoms with van der Waals surface area (Å²) in [5.74, 6) is 2.31. The van der Waals surface area contributed by atoms with Crippen molar-refractivity contribution in [2.24, 2.45) is 5.92 Å². The van der Waals surface area contributed by atoms with E-state index >= 15 is 0 Å². The molecule has 1 aliphatic rings. The van der Waals surface area contributed by atoms with Crippen molar-refractivity contribution in [3.8, 4) is 0 Å². The zero-order chi connectivity index (χ0) is 13.3. The minimum Gasteiger partial charge on any atom is -0.356 e. The number of rotatable bonds is 3. The monoisotopic (exact) mass is 244 g/mol. The zero-order valence-electron chi connectivity index (χ0n) is 12.0. The summed E-state index contributed by atoms with van der Waals surface area (Å²) in [7, 11) is 0. The molecule has 1 aromatic heterocycles. The lowest BCUT2D eigenvalue weighted by Crippen LogP contribution is -2.21. The highest BCUT2D eigenvalue weighted by atomic mass is 15.2. The van der Waals surface area contributed by atoms with E-state index in [1.54, 1.807) is 0 Å². The molecule has 2 rings (SSSR count). The molecule has 0 N–H and O–H groups in total. The molecule has 1 atom stereocenters. The Hall–Kier alpha value is -1.31. The lowest BCUT2D eigenvalue weighted by atomic mass is 10.0. The third-order valence-corrected chi connectivity index (χ3v) is 3.94. The Bertz CT molecular complexity index is 448. The van der Waals surface area contributed by atoms with Gasteiger partial charge in [-0.15, -0.1) is 0 Å². The van der Waals surface area contributed by atoms with Gasteiger partial charge in [0.25, 0.3) is 0 Å². The van der Waals surface area contributed by atoms with Crippen molar-refractivity contribution in [3.63, 3.8) is 0 Å². The van der Waals surface area contributed by atoms with Gasteiger partial charge >= 0.3 is 0 Å². The van der Waals surface area contributed by atoms with E-state index in [1.165, 1.54) is 23.3 Å². The molecule has 0 bridgehead atoms. The van der Waals surface area contributed by atoms with E-state index in [0.717, 1.165) is 18.9 Å². The lowest BCUT2D eigenvalue weighted by molar-refractivity contribution is 0.692. The van der Waals surface area contributed by atoms with Gasteiger partial charge in [-0.05, 0) is 43.7 Å². The van der Waals surface area contributed by atoms with Crippen molar-refractivity contribution < 1.29 is 0 Å². The highest BCUT2D eigenvalue weighted by Gasteiger charge is 2.24. The van der Waals surface area contributed by atoms with Crippen molar-refractivity contribution in [2.45, 2.75) is 40.0 Å². The van der Waals surface area contributed by atoms with Gasteiger partial charge in [0.1, 0.15) is 5.82 Å². The molecule has 1 fully saturated rings. The minimum absolute atomic E-state index is 0.549.